The minimum absolute atomic E-state index is 0.111. The molecule has 26 heavy (non-hydrogen) atoms. The van der Waals surface area contributed by atoms with E-state index < -0.39 is 0 Å². The molecule has 138 valence electrons. The summed E-state index contributed by atoms with van der Waals surface area (Å²) >= 11 is 0. The lowest BCUT2D eigenvalue weighted by Gasteiger charge is -2.18. The van der Waals surface area contributed by atoms with E-state index in [1.807, 2.05) is 62.4 Å². The third kappa shape index (κ3) is 3.97. The van der Waals surface area contributed by atoms with Gasteiger partial charge in [0.15, 0.2) is 11.7 Å². The highest BCUT2D eigenvalue weighted by Gasteiger charge is 2.11. The number of ether oxygens (including phenoxy) is 2. The number of para-hydroxylation sites is 2. The average Bonchev–Trinajstić information content (AvgIpc) is 2.67. The van der Waals surface area contributed by atoms with Gasteiger partial charge in [-0.25, -0.2) is 0 Å². The van der Waals surface area contributed by atoms with Crippen LogP contribution >= 0.6 is 0 Å². The van der Waals surface area contributed by atoms with Crippen molar-refractivity contribution >= 4 is 21.8 Å². The van der Waals surface area contributed by atoms with E-state index in [1.54, 1.807) is 0 Å². The molecule has 4 heteroatoms. The second-order valence-electron chi connectivity index (χ2n) is 6.35. The number of hydrogen-bond donors (Lipinski definition) is 0. The smallest absolute Gasteiger partial charge is 0.197 e. The van der Waals surface area contributed by atoms with Crippen molar-refractivity contribution in [2.24, 2.45) is 0 Å². The summed E-state index contributed by atoms with van der Waals surface area (Å²) in [5.41, 5.74) is 2.12. The molecule has 0 aliphatic heterocycles. The molecule has 0 spiro atoms. The van der Waals surface area contributed by atoms with Gasteiger partial charge in [-0.05, 0) is 57.4 Å². The summed E-state index contributed by atoms with van der Waals surface area (Å²) in [6, 6.07) is 15.7. The quantitative estimate of drug-likeness (QED) is 0.317. The molecule has 4 nitrogen and oxygen atoms in total. The van der Waals surface area contributed by atoms with E-state index in [9.17, 15) is 4.79 Å². The number of fused-ring (bicyclic) bond motifs is 2. The lowest BCUT2D eigenvalue weighted by molar-refractivity contribution is -0.140. The first-order valence-corrected chi connectivity index (χ1v) is 9.49. The number of nitrogens with zero attached hydrogens (tertiary/aromatic N) is 1. The van der Waals surface area contributed by atoms with Gasteiger partial charge in [0.2, 0.25) is 0 Å². The number of pyridine rings is 1. The Hall–Kier alpha value is -2.17. The van der Waals surface area contributed by atoms with E-state index >= 15 is 0 Å². The zero-order valence-corrected chi connectivity index (χ0v) is 15.6. The maximum Gasteiger partial charge on any atom is 0.197 e. The fourth-order valence-corrected chi connectivity index (χ4v) is 3.49. The van der Waals surface area contributed by atoms with Gasteiger partial charge in [-0.3, -0.25) is 4.79 Å². The van der Waals surface area contributed by atoms with Crippen LogP contribution in [0.1, 0.15) is 33.1 Å². The van der Waals surface area contributed by atoms with E-state index in [2.05, 4.69) is 4.57 Å². The van der Waals surface area contributed by atoms with Crippen molar-refractivity contribution < 1.29 is 9.47 Å². The molecule has 3 aromatic rings. The predicted octanol–water partition coefficient (Wildman–Crippen LogP) is 4.72. The number of hydrogen-bond acceptors (Lipinski definition) is 3. The molecule has 2 aromatic carbocycles. The van der Waals surface area contributed by atoms with Crippen molar-refractivity contribution in [2.45, 2.75) is 45.9 Å². The Morgan fingerprint density at radius 2 is 1.38 bits per heavy atom. The highest BCUT2D eigenvalue weighted by Crippen LogP contribution is 2.20. The van der Waals surface area contributed by atoms with E-state index in [4.69, 9.17) is 9.47 Å². The lowest BCUT2D eigenvalue weighted by atomic mass is 10.1. The molecule has 0 saturated carbocycles. The molecule has 0 N–H and O–H groups in total. The Balaban J connectivity index is 1.83. The van der Waals surface area contributed by atoms with Crippen LogP contribution in [0.5, 0.6) is 0 Å². The van der Waals surface area contributed by atoms with Gasteiger partial charge in [0, 0.05) is 30.5 Å². The third-order valence-corrected chi connectivity index (χ3v) is 4.66. The van der Waals surface area contributed by atoms with Gasteiger partial charge in [-0.15, -0.1) is 0 Å². The van der Waals surface area contributed by atoms with Crippen molar-refractivity contribution in [3.05, 3.63) is 58.8 Å². The molecule has 0 unspecified atom stereocenters. The van der Waals surface area contributed by atoms with E-state index in [-0.39, 0.29) is 11.7 Å². The Bertz CT molecular complexity index is 850. The summed E-state index contributed by atoms with van der Waals surface area (Å²) in [7, 11) is 0. The molecule has 0 atom stereocenters. The second-order valence-corrected chi connectivity index (χ2v) is 6.35. The van der Waals surface area contributed by atoms with Crippen LogP contribution in [0.15, 0.2) is 53.3 Å². The largest absolute Gasteiger partial charge is 0.353 e. The summed E-state index contributed by atoms with van der Waals surface area (Å²) in [4.78, 5) is 12.8. The van der Waals surface area contributed by atoms with Gasteiger partial charge in [0.25, 0.3) is 0 Å². The normalized spacial score (nSPS) is 11.7. The van der Waals surface area contributed by atoms with Crippen LogP contribution in [0.2, 0.25) is 0 Å². The second kappa shape index (κ2) is 8.97. The van der Waals surface area contributed by atoms with Crippen LogP contribution in [0.25, 0.3) is 21.8 Å². The lowest BCUT2D eigenvalue weighted by Crippen LogP contribution is -2.17. The topological polar surface area (TPSA) is 40.5 Å². The van der Waals surface area contributed by atoms with Crippen LogP contribution in [0.3, 0.4) is 0 Å². The Labute approximate surface area is 154 Å². The molecule has 0 bridgehead atoms. The van der Waals surface area contributed by atoms with Crippen LogP contribution in [0, 0.1) is 0 Å². The van der Waals surface area contributed by atoms with Crippen molar-refractivity contribution in [2.75, 3.05) is 13.2 Å². The minimum Gasteiger partial charge on any atom is -0.353 e. The first-order valence-electron chi connectivity index (χ1n) is 9.49. The summed E-state index contributed by atoms with van der Waals surface area (Å²) in [5.74, 6) is 0. The van der Waals surface area contributed by atoms with Crippen molar-refractivity contribution in [1.29, 1.82) is 0 Å². The van der Waals surface area contributed by atoms with E-state index in [1.165, 1.54) is 0 Å². The van der Waals surface area contributed by atoms with Crippen molar-refractivity contribution in [1.82, 2.24) is 4.57 Å². The zero-order chi connectivity index (χ0) is 18.4. The molecule has 0 amide bonds. The number of unbranched alkanes of at least 4 members (excludes halogenated alkanes) is 1. The van der Waals surface area contributed by atoms with Crippen LogP contribution < -0.4 is 5.43 Å². The van der Waals surface area contributed by atoms with Gasteiger partial charge >= 0.3 is 0 Å². The van der Waals surface area contributed by atoms with Crippen molar-refractivity contribution in [3.8, 4) is 0 Å². The van der Waals surface area contributed by atoms with Crippen LogP contribution in [0.4, 0.5) is 0 Å². The summed E-state index contributed by atoms with van der Waals surface area (Å²) in [5, 5.41) is 1.57. The monoisotopic (exact) mass is 353 g/mol. The molecule has 0 aliphatic rings. The molecule has 0 fully saturated rings. The van der Waals surface area contributed by atoms with Gasteiger partial charge in [0.05, 0.1) is 11.0 Å². The Morgan fingerprint density at radius 3 is 1.92 bits per heavy atom. The van der Waals surface area contributed by atoms with Crippen LogP contribution in [-0.4, -0.2) is 24.1 Å². The highest BCUT2D eigenvalue weighted by atomic mass is 16.7. The molecular weight excluding hydrogens is 326 g/mol. The molecular formula is C22H27NO3. The Morgan fingerprint density at radius 1 is 0.846 bits per heavy atom. The standard InChI is InChI=1S/C22H27NO3/c1-3-25-21(26-4-2)15-9-10-16-23-19-13-7-5-11-17(19)22(24)18-12-6-8-14-20(18)23/h5-8,11-14,21H,3-4,9-10,15-16H2,1-2H3. The molecule has 0 aliphatic carbocycles. The first kappa shape index (κ1) is 18.6. The van der Waals surface area contributed by atoms with Gasteiger partial charge < -0.3 is 14.0 Å². The number of aryl methyl sites for hydroxylation is 1. The van der Waals surface area contributed by atoms with E-state index in [0.717, 1.165) is 47.6 Å². The molecule has 1 heterocycles. The fourth-order valence-electron chi connectivity index (χ4n) is 3.49. The van der Waals surface area contributed by atoms with Crippen LogP contribution in [-0.2, 0) is 16.0 Å². The summed E-state index contributed by atoms with van der Waals surface area (Å²) in [6.07, 6.45) is 2.79. The SMILES string of the molecule is CCOC(CCCCn1c2ccccc2c(=O)c2ccccc21)OCC. The van der Waals surface area contributed by atoms with Gasteiger partial charge in [-0.2, -0.15) is 0 Å². The zero-order valence-electron chi connectivity index (χ0n) is 15.6. The molecule has 1 aromatic heterocycles. The average molecular weight is 353 g/mol. The highest BCUT2D eigenvalue weighted by molar-refractivity contribution is 5.93. The third-order valence-electron chi connectivity index (χ3n) is 4.66. The maximum absolute atomic E-state index is 12.8. The number of benzene rings is 2. The van der Waals surface area contributed by atoms with Crippen molar-refractivity contribution in [3.63, 3.8) is 0 Å². The van der Waals surface area contributed by atoms with E-state index in [0.29, 0.717) is 13.2 Å². The molecule has 0 saturated heterocycles. The Kier molecular flexibility index (Phi) is 6.42. The minimum atomic E-state index is -0.118. The molecule has 3 rings (SSSR count). The maximum atomic E-state index is 12.8. The first-order chi connectivity index (χ1) is 12.8. The predicted molar refractivity (Wildman–Crippen MR) is 107 cm³/mol. The molecule has 0 radical (unpaired) electrons. The number of aromatic nitrogens is 1. The summed E-state index contributed by atoms with van der Waals surface area (Å²) < 4.78 is 13.5. The fraction of sp³-hybridized carbons (Fsp3) is 0.409. The van der Waals surface area contributed by atoms with Gasteiger partial charge in [-0.1, -0.05) is 24.3 Å². The van der Waals surface area contributed by atoms with Gasteiger partial charge in [0.1, 0.15) is 0 Å². The number of rotatable bonds is 9. The summed E-state index contributed by atoms with van der Waals surface area (Å²) in [6.45, 7) is 6.18.